The third-order valence-corrected chi connectivity index (χ3v) is 4.95. The van der Waals surface area contributed by atoms with Crippen LogP contribution in [0, 0.1) is 23.2 Å². The molecule has 16 heavy (non-hydrogen) atoms. The molecule has 0 aliphatic heterocycles. The van der Waals surface area contributed by atoms with Crippen molar-refractivity contribution in [2.24, 2.45) is 28.9 Å². The molecule has 2 saturated carbocycles. The second-order valence-corrected chi connectivity index (χ2v) is 6.10. The second-order valence-electron chi connectivity index (χ2n) is 6.10. The number of esters is 1. The molecule has 0 aromatic heterocycles. The minimum absolute atomic E-state index is 0.132. The molecule has 0 heterocycles. The van der Waals surface area contributed by atoms with Crippen molar-refractivity contribution < 1.29 is 9.53 Å². The Kier molecular flexibility index (Phi) is 2.99. The summed E-state index contributed by atoms with van der Waals surface area (Å²) >= 11 is 0. The molecular weight excluding hydrogens is 202 g/mol. The molecule has 2 fully saturated rings. The molecule has 0 amide bonds. The fourth-order valence-electron chi connectivity index (χ4n) is 3.82. The number of hydrogen-bond acceptors (Lipinski definition) is 3. The molecule has 0 spiro atoms. The van der Waals surface area contributed by atoms with Gasteiger partial charge in [-0.25, -0.2) is 0 Å². The summed E-state index contributed by atoms with van der Waals surface area (Å²) in [5.74, 6) is 2.00. The predicted octanol–water partition coefficient (Wildman–Crippen LogP) is 1.95. The molecule has 92 valence electrons. The van der Waals surface area contributed by atoms with Crippen LogP contribution in [0.5, 0.6) is 0 Å². The lowest BCUT2D eigenvalue weighted by molar-refractivity contribution is -0.146. The van der Waals surface area contributed by atoms with Gasteiger partial charge in [-0.3, -0.25) is 4.79 Å². The number of fused-ring (bicyclic) bond motifs is 2. The number of carbonyl (C=O) groups is 1. The standard InChI is InChI=1S/C13H23NO2/c1-13(2,11(14)12(15)16-3)10-7-8-4-5-9(10)6-8/h8-11H,4-7,14H2,1-3H3. The van der Waals surface area contributed by atoms with Gasteiger partial charge in [0, 0.05) is 0 Å². The van der Waals surface area contributed by atoms with Gasteiger partial charge in [0.1, 0.15) is 6.04 Å². The number of ether oxygens (including phenoxy) is 1. The van der Waals surface area contributed by atoms with Gasteiger partial charge in [0.15, 0.2) is 0 Å². The first kappa shape index (κ1) is 11.9. The third kappa shape index (κ3) is 1.75. The van der Waals surface area contributed by atoms with Crippen LogP contribution in [0.4, 0.5) is 0 Å². The predicted molar refractivity (Wildman–Crippen MR) is 62.7 cm³/mol. The summed E-state index contributed by atoms with van der Waals surface area (Å²) in [4.78, 5) is 11.6. The summed E-state index contributed by atoms with van der Waals surface area (Å²) in [5, 5.41) is 0. The van der Waals surface area contributed by atoms with Crippen LogP contribution in [-0.4, -0.2) is 19.1 Å². The molecule has 0 aromatic carbocycles. The Balaban J connectivity index is 2.09. The number of rotatable bonds is 3. The average Bonchev–Trinajstić information content (AvgIpc) is 2.88. The third-order valence-electron chi connectivity index (χ3n) is 4.95. The normalized spacial score (nSPS) is 35.1. The number of methoxy groups -OCH3 is 1. The highest BCUT2D eigenvalue weighted by molar-refractivity contribution is 5.76. The quantitative estimate of drug-likeness (QED) is 0.747. The average molecular weight is 225 g/mol. The minimum atomic E-state index is -0.484. The van der Waals surface area contributed by atoms with Crippen molar-refractivity contribution in [1.82, 2.24) is 0 Å². The van der Waals surface area contributed by atoms with Gasteiger partial charge in [-0.2, -0.15) is 0 Å². The van der Waals surface area contributed by atoms with E-state index >= 15 is 0 Å². The molecule has 4 atom stereocenters. The van der Waals surface area contributed by atoms with Crippen LogP contribution in [0.15, 0.2) is 0 Å². The van der Waals surface area contributed by atoms with Crippen LogP contribution < -0.4 is 5.73 Å². The fraction of sp³-hybridized carbons (Fsp3) is 0.923. The molecule has 2 N–H and O–H groups in total. The molecule has 2 aliphatic rings. The lowest BCUT2D eigenvalue weighted by Gasteiger charge is -2.40. The zero-order valence-corrected chi connectivity index (χ0v) is 10.5. The van der Waals surface area contributed by atoms with E-state index in [4.69, 9.17) is 10.5 Å². The Labute approximate surface area is 97.7 Å². The van der Waals surface area contributed by atoms with Gasteiger partial charge in [0.25, 0.3) is 0 Å². The fourth-order valence-corrected chi connectivity index (χ4v) is 3.82. The van der Waals surface area contributed by atoms with Crippen molar-refractivity contribution in [3.8, 4) is 0 Å². The van der Waals surface area contributed by atoms with E-state index < -0.39 is 6.04 Å². The van der Waals surface area contributed by atoms with Crippen molar-refractivity contribution in [2.75, 3.05) is 7.11 Å². The summed E-state index contributed by atoms with van der Waals surface area (Å²) < 4.78 is 4.77. The van der Waals surface area contributed by atoms with E-state index in [1.54, 1.807) is 0 Å². The Morgan fingerprint density at radius 1 is 1.38 bits per heavy atom. The van der Waals surface area contributed by atoms with Crippen molar-refractivity contribution in [3.05, 3.63) is 0 Å². The van der Waals surface area contributed by atoms with E-state index in [9.17, 15) is 4.79 Å². The van der Waals surface area contributed by atoms with E-state index in [1.807, 2.05) is 0 Å². The monoisotopic (exact) mass is 225 g/mol. The highest BCUT2D eigenvalue weighted by atomic mass is 16.5. The topological polar surface area (TPSA) is 52.3 Å². The minimum Gasteiger partial charge on any atom is -0.468 e. The summed E-state index contributed by atoms with van der Waals surface area (Å²) in [6, 6.07) is -0.484. The Morgan fingerprint density at radius 2 is 2.06 bits per heavy atom. The highest BCUT2D eigenvalue weighted by Gasteiger charge is 2.50. The molecular formula is C13H23NO2. The first-order valence-corrected chi connectivity index (χ1v) is 6.30. The summed E-state index contributed by atoms with van der Waals surface area (Å²) in [5.41, 5.74) is 5.91. The summed E-state index contributed by atoms with van der Waals surface area (Å²) in [7, 11) is 1.42. The van der Waals surface area contributed by atoms with Crippen molar-refractivity contribution in [2.45, 2.75) is 45.6 Å². The van der Waals surface area contributed by atoms with Gasteiger partial charge >= 0.3 is 5.97 Å². The number of carbonyl (C=O) groups excluding carboxylic acids is 1. The first-order chi connectivity index (χ1) is 7.46. The maximum Gasteiger partial charge on any atom is 0.323 e. The molecule has 3 nitrogen and oxygen atoms in total. The van der Waals surface area contributed by atoms with Crippen LogP contribution in [0.2, 0.25) is 0 Å². The molecule has 2 rings (SSSR count). The van der Waals surface area contributed by atoms with Gasteiger partial charge in [0.05, 0.1) is 7.11 Å². The SMILES string of the molecule is COC(=O)C(N)C(C)(C)C1CC2CCC1C2. The molecule has 4 unspecified atom stereocenters. The van der Waals surface area contributed by atoms with Gasteiger partial charge in [-0.15, -0.1) is 0 Å². The van der Waals surface area contributed by atoms with E-state index in [-0.39, 0.29) is 11.4 Å². The molecule has 2 bridgehead atoms. The first-order valence-electron chi connectivity index (χ1n) is 6.30. The van der Waals surface area contributed by atoms with E-state index in [1.165, 1.54) is 32.8 Å². The summed E-state index contributed by atoms with van der Waals surface area (Å²) in [6.07, 6.45) is 5.31. The summed E-state index contributed by atoms with van der Waals surface area (Å²) in [6.45, 7) is 4.25. The van der Waals surface area contributed by atoms with Crippen LogP contribution in [0.3, 0.4) is 0 Å². The molecule has 2 aliphatic carbocycles. The van der Waals surface area contributed by atoms with Gasteiger partial charge in [-0.05, 0) is 42.4 Å². The van der Waals surface area contributed by atoms with Gasteiger partial charge < -0.3 is 10.5 Å². The lowest BCUT2D eigenvalue weighted by Crippen LogP contribution is -2.49. The number of hydrogen-bond donors (Lipinski definition) is 1. The maximum absolute atomic E-state index is 11.6. The van der Waals surface area contributed by atoms with E-state index in [2.05, 4.69) is 13.8 Å². The zero-order chi connectivity index (χ0) is 11.9. The van der Waals surface area contributed by atoms with E-state index in [0.717, 1.165) is 11.8 Å². The molecule has 0 aromatic rings. The van der Waals surface area contributed by atoms with Gasteiger partial charge in [0.2, 0.25) is 0 Å². The Morgan fingerprint density at radius 3 is 2.50 bits per heavy atom. The highest BCUT2D eigenvalue weighted by Crippen LogP contribution is 2.55. The van der Waals surface area contributed by atoms with Crippen molar-refractivity contribution >= 4 is 5.97 Å². The van der Waals surface area contributed by atoms with Crippen molar-refractivity contribution in [1.29, 1.82) is 0 Å². The smallest absolute Gasteiger partial charge is 0.323 e. The van der Waals surface area contributed by atoms with E-state index in [0.29, 0.717) is 5.92 Å². The maximum atomic E-state index is 11.6. The number of nitrogens with two attached hydrogens (primary N) is 1. The Bertz CT molecular complexity index is 288. The lowest BCUT2D eigenvalue weighted by atomic mass is 9.66. The second kappa shape index (κ2) is 4.02. The van der Waals surface area contributed by atoms with Crippen LogP contribution in [0.1, 0.15) is 39.5 Å². The van der Waals surface area contributed by atoms with Crippen LogP contribution in [-0.2, 0) is 9.53 Å². The molecule has 0 saturated heterocycles. The Hall–Kier alpha value is -0.570. The van der Waals surface area contributed by atoms with Crippen LogP contribution in [0.25, 0.3) is 0 Å². The van der Waals surface area contributed by atoms with Gasteiger partial charge in [-0.1, -0.05) is 20.3 Å². The van der Waals surface area contributed by atoms with Crippen LogP contribution >= 0.6 is 0 Å². The molecule has 0 radical (unpaired) electrons. The van der Waals surface area contributed by atoms with Crippen molar-refractivity contribution in [3.63, 3.8) is 0 Å². The largest absolute Gasteiger partial charge is 0.468 e. The zero-order valence-electron chi connectivity index (χ0n) is 10.5. The molecule has 3 heteroatoms.